The standard InChI is InChI=1S/C58H54F6N6O14S2/c1-3-53(71)81-31-11-7-5-9-29-79-43-21-13-37(14-22-43)55(73)83-49-27-19-39(33-47(49)57(59,60)61)67-69-41-17-25-45(51(35-41)85(65,75)76)46-26-18-42(36-52(46)86(66,77)78)70-68-40-20-28-50(48(34-40)58(62,63)64)84-56(74)38-15-23-44(24-16-38)80-30-10-6-8-12-32-82-54(72)4-2/h3-4,13-28,33-36H,1-2,5-12,29-32H2,(H2,65,75,76)(H2,66,77,78). The Morgan fingerprint density at radius 2 is 0.756 bits per heavy atom. The topological polar surface area (TPSA) is 293 Å². The molecule has 20 nitrogen and oxygen atoms in total. The minimum atomic E-state index is -5.08. The minimum Gasteiger partial charge on any atom is -0.494 e. The van der Waals surface area contributed by atoms with Gasteiger partial charge in [0, 0.05) is 23.3 Å². The number of nitrogens with two attached hydrogens (primary N) is 2. The van der Waals surface area contributed by atoms with Crippen LogP contribution in [0.3, 0.4) is 0 Å². The molecular formula is C58H54F6N6O14S2. The van der Waals surface area contributed by atoms with Crippen LogP contribution in [0.4, 0.5) is 49.1 Å². The molecule has 0 aromatic heterocycles. The molecule has 28 heteroatoms. The van der Waals surface area contributed by atoms with Crippen molar-refractivity contribution in [1.29, 1.82) is 0 Å². The molecule has 4 N–H and O–H groups in total. The number of carbonyl (C=O) groups excluding carboxylic acids is 4. The normalized spacial score (nSPS) is 12.0. The second-order valence-electron chi connectivity index (χ2n) is 18.3. The Bertz CT molecular complexity index is 3490. The lowest BCUT2D eigenvalue weighted by atomic mass is 10.0. The molecule has 0 heterocycles. The fourth-order valence-corrected chi connectivity index (χ4v) is 9.26. The van der Waals surface area contributed by atoms with Gasteiger partial charge >= 0.3 is 36.2 Å². The summed E-state index contributed by atoms with van der Waals surface area (Å²) in [6, 6.07) is 21.7. The van der Waals surface area contributed by atoms with E-state index in [0.29, 0.717) is 62.5 Å². The summed E-state index contributed by atoms with van der Waals surface area (Å²) in [4.78, 5) is 46.6. The van der Waals surface area contributed by atoms with E-state index in [1.54, 1.807) is 0 Å². The number of sulfonamides is 2. The van der Waals surface area contributed by atoms with Gasteiger partial charge in [-0.25, -0.2) is 46.3 Å². The van der Waals surface area contributed by atoms with Gasteiger partial charge in [0.05, 0.1) is 70.1 Å². The van der Waals surface area contributed by atoms with Gasteiger partial charge in [-0.05, 0) is 161 Å². The molecule has 0 fully saturated rings. The highest BCUT2D eigenvalue weighted by Crippen LogP contribution is 2.42. The van der Waals surface area contributed by atoms with Crippen LogP contribution in [0, 0.1) is 0 Å². The molecule has 0 spiro atoms. The average Bonchev–Trinajstić information content (AvgIpc) is 2.33. The van der Waals surface area contributed by atoms with Crippen LogP contribution in [0.5, 0.6) is 23.0 Å². The second kappa shape index (κ2) is 30.1. The molecule has 6 aromatic rings. The van der Waals surface area contributed by atoms with E-state index in [2.05, 4.69) is 33.6 Å². The van der Waals surface area contributed by atoms with Crippen molar-refractivity contribution in [2.75, 3.05) is 26.4 Å². The summed E-state index contributed by atoms with van der Waals surface area (Å²) >= 11 is 0. The minimum absolute atomic E-state index is 0.0988. The first-order valence-corrected chi connectivity index (χ1v) is 28.9. The van der Waals surface area contributed by atoms with E-state index >= 15 is 0 Å². The number of rotatable bonds is 29. The average molecular weight is 1240 g/mol. The molecule has 0 bridgehead atoms. The van der Waals surface area contributed by atoms with Gasteiger partial charge in [-0.15, -0.1) is 0 Å². The van der Waals surface area contributed by atoms with Gasteiger partial charge < -0.3 is 28.4 Å². The maximum absolute atomic E-state index is 14.3. The third-order valence-corrected chi connectivity index (χ3v) is 13.9. The highest BCUT2D eigenvalue weighted by atomic mass is 32.2. The second-order valence-corrected chi connectivity index (χ2v) is 21.4. The molecule has 0 amide bonds. The number of unbranched alkanes of at least 4 members (excludes halogenated alkanes) is 6. The fraction of sp³-hybridized carbons (Fsp3) is 0.241. The first kappa shape index (κ1) is 66.0. The number of primary sulfonamides is 2. The molecule has 0 saturated heterocycles. The molecule has 0 unspecified atom stereocenters. The lowest BCUT2D eigenvalue weighted by Gasteiger charge is -2.14. The number of esters is 4. The number of azo groups is 2. The van der Waals surface area contributed by atoms with Crippen LogP contribution in [0.15, 0.2) is 177 Å². The first-order chi connectivity index (χ1) is 40.7. The number of hydrogen-bond acceptors (Lipinski definition) is 18. The lowest BCUT2D eigenvalue weighted by molar-refractivity contribution is -0.139. The summed E-state index contributed by atoms with van der Waals surface area (Å²) < 4.78 is 169. The van der Waals surface area contributed by atoms with Gasteiger partial charge in [0.2, 0.25) is 20.0 Å². The highest BCUT2D eigenvalue weighted by Gasteiger charge is 2.37. The third kappa shape index (κ3) is 20.0. The SMILES string of the molecule is C=CC(=O)OCCCCCCOc1ccc(C(=O)Oc2ccc(N=Nc3ccc(-c4ccc(N=Nc5ccc(OC(=O)c6ccc(OCCCCCCOC(=O)C=C)cc6)c(C(F)(F)F)c5)cc4S(N)(=O)=O)c(S(N)(=O)=O)c3)cc2C(F)(F)F)cc1. The maximum Gasteiger partial charge on any atom is 0.420 e. The number of benzene rings is 6. The Kier molecular flexibility index (Phi) is 23.1. The van der Waals surface area contributed by atoms with E-state index in [-0.39, 0.29) is 46.8 Å². The van der Waals surface area contributed by atoms with Crippen LogP contribution in [-0.4, -0.2) is 67.1 Å². The maximum atomic E-state index is 14.3. The van der Waals surface area contributed by atoms with Crippen LogP contribution in [0.25, 0.3) is 11.1 Å². The van der Waals surface area contributed by atoms with Crippen molar-refractivity contribution in [3.63, 3.8) is 0 Å². The van der Waals surface area contributed by atoms with Crippen LogP contribution in [-0.2, 0) is 51.5 Å². The summed E-state index contributed by atoms with van der Waals surface area (Å²) in [5.41, 5.74) is -5.24. The number of nitrogens with zero attached hydrogens (tertiary/aromatic N) is 4. The molecule has 0 aliphatic carbocycles. The van der Waals surface area contributed by atoms with E-state index in [1.807, 2.05) is 0 Å². The molecule has 6 aromatic carbocycles. The van der Waals surface area contributed by atoms with Gasteiger partial charge in [-0.1, -0.05) is 25.3 Å². The lowest BCUT2D eigenvalue weighted by Crippen LogP contribution is -2.16. The Labute approximate surface area is 489 Å². The predicted octanol–water partition coefficient (Wildman–Crippen LogP) is 13.3. The van der Waals surface area contributed by atoms with Crippen molar-refractivity contribution in [2.45, 2.75) is 73.5 Å². The predicted molar refractivity (Wildman–Crippen MR) is 299 cm³/mol. The molecule has 0 atom stereocenters. The van der Waals surface area contributed by atoms with Gasteiger partial charge in [0.1, 0.15) is 34.1 Å². The Morgan fingerprint density at radius 1 is 0.442 bits per heavy atom. The van der Waals surface area contributed by atoms with Gasteiger partial charge in [-0.3, -0.25) is 0 Å². The number of hydrogen-bond donors (Lipinski definition) is 2. The van der Waals surface area contributed by atoms with E-state index < -0.39 is 100 Å². The highest BCUT2D eigenvalue weighted by molar-refractivity contribution is 7.89. The summed E-state index contributed by atoms with van der Waals surface area (Å²) in [5.74, 6) is -4.23. The fourth-order valence-electron chi connectivity index (χ4n) is 7.73. The summed E-state index contributed by atoms with van der Waals surface area (Å²) in [6.07, 6.45) is -2.21. The van der Waals surface area contributed by atoms with Crippen LogP contribution in [0.1, 0.15) is 83.2 Å². The summed E-state index contributed by atoms with van der Waals surface area (Å²) in [5, 5.41) is 26.3. The monoisotopic (exact) mass is 1240 g/mol. The van der Waals surface area contributed by atoms with Crippen molar-refractivity contribution < 1.29 is 90.8 Å². The molecule has 6 rings (SSSR count). The van der Waals surface area contributed by atoms with Crippen molar-refractivity contribution in [1.82, 2.24) is 0 Å². The van der Waals surface area contributed by atoms with Gasteiger partial charge in [-0.2, -0.15) is 46.8 Å². The van der Waals surface area contributed by atoms with Crippen LogP contribution < -0.4 is 29.2 Å². The van der Waals surface area contributed by atoms with E-state index in [0.717, 1.165) is 98.5 Å². The number of carbonyl (C=O) groups is 4. The molecular weight excluding hydrogens is 1180 g/mol. The summed E-state index contributed by atoms with van der Waals surface area (Å²) in [7, 11) is -9.55. The van der Waals surface area contributed by atoms with Gasteiger partial charge in [0.15, 0.2) is 0 Å². The smallest absolute Gasteiger partial charge is 0.420 e. The molecule has 0 aliphatic heterocycles. The number of ether oxygens (including phenoxy) is 6. The van der Waals surface area contributed by atoms with Crippen molar-refractivity contribution >= 4 is 66.7 Å². The number of halogens is 6. The zero-order valence-electron chi connectivity index (χ0n) is 45.3. The molecule has 0 aliphatic rings. The molecule has 454 valence electrons. The molecule has 86 heavy (non-hydrogen) atoms. The Hall–Kier alpha value is -9.12. The van der Waals surface area contributed by atoms with Crippen molar-refractivity contribution in [3.8, 4) is 34.1 Å². The van der Waals surface area contributed by atoms with Crippen molar-refractivity contribution in [3.05, 3.63) is 169 Å². The Morgan fingerprint density at radius 3 is 1.07 bits per heavy atom. The molecule has 0 saturated carbocycles. The number of alkyl halides is 6. The molecule has 0 radical (unpaired) electrons. The van der Waals surface area contributed by atoms with Gasteiger partial charge in [0.25, 0.3) is 0 Å². The van der Waals surface area contributed by atoms with E-state index in [4.69, 9.17) is 38.7 Å². The van der Waals surface area contributed by atoms with Crippen LogP contribution >= 0.6 is 0 Å². The largest absolute Gasteiger partial charge is 0.494 e. The third-order valence-electron chi connectivity index (χ3n) is 12.0. The summed E-state index contributed by atoms with van der Waals surface area (Å²) in [6.45, 7) is 7.84. The van der Waals surface area contributed by atoms with E-state index in [9.17, 15) is 62.4 Å². The van der Waals surface area contributed by atoms with Crippen LogP contribution in [0.2, 0.25) is 0 Å². The zero-order chi connectivity index (χ0) is 62.7. The zero-order valence-corrected chi connectivity index (χ0v) is 47.0. The quantitative estimate of drug-likeness (QED) is 0.0110. The van der Waals surface area contributed by atoms with E-state index in [1.165, 1.54) is 48.5 Å². The van der Waals surface area contributed by atoms with Crippen molar-refractivity contribution in [2.24, 2.45) is 30.7 Å². The Balaban J connectivity index is 1.11. The first-order valence-electron chi connectivity index (χ1n) is 25.8.